The minimum atomic E-state index is -0.260. The van der Waals surface area contributed by atoms with Crippen LogP contribution in [0.3, 0.4) is 0 Å². The van der Waals surface area contributed by atoms with Crippen LogP contribution in [0, 0.1) is 11.3 Å². The highest BCUT2D eigenvalue weighted by Crippen LogP contribution is 2.16. The minimum Gasteiger partial charge on any atom is -0.278 e. The first kappa shape index (κ1) is 17.4. The van der Waals surface area contributed by atoms with Crippen LogP contribution in [0.25, 0.3) is 6.08 Å². The molecular formula is C22H22N2. The Morgan fingerprint density at radius 3 is 2.08 bits per heavy atom. The van der Waals surface area contributed by atoms with Gasteiger partial charge in [-0.15, -0.1) is 0 Å². The van der Waals surface area contributed by atoms with Crippen LogP contribution in [0.5, 0.6) is 0 Å². The van der Waals surface area contributed by atoms with E-state index in [2.05, 4.69) is 6.07 Å². The van der Waals surface area contributed by atoms with Crippen LogP contribution in [0.15, 0.2) is 83.4 Å². The third-order valence-electron chi connectivity index (χ3n) is 3.22. The average Bonchev–Trinajstić information content (AvgIpc) is 2.58. The lowest BCUT2D eigenvalue weighted by molar-refractivity contribution is 0.584. The first-order chi connectivity index (χ1) is 11.5. The SMILES string of the molecule is CC(C)(C)N=C(/C(C#N)=C\C=C\c1ccccc1)c1ccccc1. The van der Waals surface area contributed by atoms with Gasteiger partial charge in [0.15, 0.2) is 0 Å². The van der Waals surface area contributed by atoms with Crippen molar-refractivity contribution in [3.8, 4) is 6.07 Å². The van der Waals surface area contributed by atoms with Crippen molar-refractivity contribution >= 4 is 11.8 Å². The van der Waals surface area contributed by atoms with Gasteiger partial charge in [-0.25, -0.2) is 0 Å². The minimum absolute atomic E-state index is 0.260. The Hall–Kier alpha value is -2.92. The van der Waals surface area contributed by atoms with E-state index in [1.54, 1.807) is 0 Å². The number of aliphatic imine (C=N–C) groups is 1. The van der Waals surface area contributed by atoms with Crippen molar-refractivity contribution in [3.05, 3.63) is 89.5 Å². The maximum absolute atomic E-state index is 9.62. The van der Waals surface area contributed by atoms with Gasteiger partial charge in [0, 0.05) is 5.56 Å². The molecular weight excluding hydrogens is 292 g/mol. The molecule has 2 aromatic carbocycles. The Labute approximate surface area is 144 Å². The van der Waals surface area contributed by atoms with Crippen LogP contribution in [-0.2, 0) is 0 Å². The van der Waals surface area contributed by atoms with Crippen molar-refractivity contribution in [2.24, 2.45) is 4.99 Å². The van der Waals surface area contributed by atoms with Gasteiger partial charge in [-0.1, -0.05) is 72.8 Å². The summed E-state index contributed by atoms with van der Waals surface area (Å²) in [5.41, 5.74) is 3.07. The molecule has 0 unspecified atom stereocenters. The van der Waals surface area contributed by atoms with Gasteiger partial charge in [-0.05, 0) is 32.4 Å². The van der Waals surface area contributed by atoms with Crippen molar-refractivity contribution < 1.29 is 0 Å². The molecule has 0 aliphatic rings. The quantitative estimate of drug-likeness (QED) is 0.420. The van der Waals surface area contributed by atoms with E-state index < -0.39 is 0 Å². The second-order valence-electron chi connectivity index (χ2n) is 6.46. The van der Waals surface area contributed by atoms with E-state index in [-0.39, 0.29) is 5.54 Å². The van der Waals surface area contributed by atoms with Gasteiger partial charge in [-0.3, -0.25) is 4.99 Å². The van der Waals surface area contributed by atoms with E-state index in [0.29, 0.717) is 5.57 Å². The summed E-state index contributed by atoms with van der Waals surface area (Å²) >= 11 is 0. The summed E-state index contributed by atoms with van der Waals surface area (Å²) in [7, 11) is 0. The van der Waals surface area contributed by atoms with E-state index in [0.717, 1.165) is 16.8 Å². The molecule has 0 saturated heterocycles. The van der Waals surface area contributed by atoms with Crippen molar-refractivity contribution in [1.29, 1.82) is 5.26 Å². The fourth-order valence-electron chi connectivity index (χ4n) is 2.20. The molecule has 2 nitrogen and oxygen atoms in total. The number of rotatable bonds is 4. The van der Waals surface area contributed by atoms with Crippen LogP contribution in [0.1, 0.15) is 31.9 Å². The third-order valence-corrected chi connectivity index (χ3v) is 3.22. The predicted molar refractivity (Wildman–Crippen MR) is 102 cm³/mol. The smallest absolute Gasteiger partial charge is 0.101 e. The molecule has 0 aliphatic carbocycles. The van der Waals surface area contributed by atoms with E-state index in [4.69, 9.17) is 4.99 Å². The molecule has 0 N–H and O–H groups in total. The first-order valence-corrected chi connectivity index (χ1v) is 7.99. The van der Waals surface area contributed by atoms with Crippen LogP contribution >= 0.6 is 0 Å². The number of hydrogen-bond donors (Lipinski definition) is 0. The van der Waals surface area contributed by atoms with Crippen LogP contribution in [-0.4, -0.2) is 11.3 Å². The molecule has 0 radical (unpaired) electrons. The fraction of sp³-hybridized carbons (Fsp3) is 0.182. The molecule has 0 fully saturated rings. The summed E-state index contributed by atoms with van der Waals surface area (Å²) in [6, 6.07) is 22.2. The second kappa shape index (κ2) is 8.08. The standard InChI is InChI=1S/C22H22N2/c1-22(2,3)24-21(19-14-8-5-9-15-19)20(17-23)16-10-13-18-11-6-4-7-12-18/h4-16H,1-3H3/b13-10+,20-16-,24-21?. The van der Waals surface area contributed by atoms with Crippen LogP contribution in [0.4, 0.5) is 0 Å². The van der Waals surface area contributed by atoms with Crippen molar-refractivity contribution in [1.82, 2.24) is 0 Å². The molecule has 2 aromatic rings. The Bertz CT molecular complexity index is 783. The Morgan fingerprint density at radius 1 is 0.958 bits per heavy atom. The predicted octanol–water partition coefficient (Wildman–Crippen LogP) is 5.44. The number of nitrogens with zero attached hydrogens (tertiary/aromatic N) is 2. The molecule has 0 bridgehead atoms. The molecule has 120 valence electrons. The molecule has 0 heterocycles. The Morgan fingerprint density at radius 2 is 1.54 bits per heavy atom. The van der Waals surface area contributed by atoms with E-state index in [9.17, 15) is 5.26 Å². The molecule has 2 rings (SSSR count). The summed E-state index contributed by atoms with van der Waals surface area (Å²) in [5.74, 6) is 0. The summed E-state index contributed by atoms with van der Waals surface area (Å²) in [6.45, 7) is 6.10. The van der Waals surface area contributed by atoms with Crippen LogP contribution < -0.4 is 0 Å². The number of hydrogen-bond acceptors (Lipinski definition) is 2. The lowest BCUT2D eigenvalue weighted by Gasteiger charge is -2.16. The van der Waals surface area contributed by atoms with Crippen molar-refractivity contribution in [2.75, 3.05) is 0 Å². The van der Waals surface area contributed by atoms with Gasteiger partial charge in [0.2, 0.25) is 0 Å². The highest BCUT2D eigenvalue weighted by atomic mass is 14.8. The maximum Gasteiger partial charge on any atom is 0.101 e. The van der Waals surface area contributed by atoms with Gasteiger partial charge < -0.3 is 0 Å². The third kappa shape index (κ3) is 5.37. The van der Waals surface area contributed by atoms with Gasteiger partial charge in [0.1, 0.15) is 6.07 Å². The molecule has 0 amide bonds. The van der Waals surface area contributed by atoms with Gasteiger partial charge in [-0.2, -0.15) is 5.26 Å². The van der Waals surface area contributed by atoms with Crippen LogP contribution in [0.2, 0.25) is 0 Å². The summed E-state index contributed by atoms with van der Waals surface area (Å²) < 4.78 is 0. The summed E-state index contributed by atoms with van der Waals surface area (Å²) in [5, 5.41) is 9.62. The Kier molecular flexibility index (Phi) is 5.87. The highest BCUT2D eigenvalue weighted by molar-refractivity contribution is 6.15. The van der Waals surface area contributed by atoms with Crippen molar-refractivity contribution in [2.45, 2.75) is 26.3 Å². The average molecular weight is 314 g/mol. The zero-order valence-corrected chi connectivity index (χ0v) is 14.4. The first-order valence-electron chi connectivity index (χ1n) is 7.99. The number of benzene rings is 2. The lowest BCUT2D eigenvalue weighted by Crippen LogP contribution is -2.16. The highest BCUT2D eigenvalue weighted by Gasteiger charge is 2.14. The molecule has 2 heteroatoms. The summed E-state index contributed by atoms with van der Waals surface area (Å²) in [4.78, 5) is 4.77. The normalized spacial score (nSPS) is 13.1. The van der Waals surface area contributed by atoms with Gasteiger partial charge in [0.25, 0.3) is 0 Å². The largest absolute Gasteiger partial charge is 0.278 e. The van der Waals surface area contributed by atoms with Gasteiger partial charge >= 0.3 is 0 Å². The van der Waals surface area contributed by atoms with Gasteiger partial charge in [0.05, 0.1) is 16.8 Å². The van der Waals surface area contributed by atoms with E-state index in [1.807, 2.05) is 99.7 Å². The number of allylic oxidation sites excluding steroid dienone is 3. The molecule has 0 spiro atoms. The second-order valence-corrected chi connectivity index (χ2v) is 6.46. The fourth-order valence-corrected chi connectivity index (χ4v) is 2.20. The summed E-state index contributed by atoms with van der Waals surface area (Å²) in [6.07, 6.45) is 5.70. The number of nitriles is 1. The van der Waals surface area contributed by atoms with Crippen molar-refractivity contribution in [3.63, 3.8) is 0 Å². The monoisotopic (exact) mass is 314 g/mol. The molecule has 0 aliphatic heterocycles. The zero-order valence-electron chi connectivity index (χ0n) is 14.4. The lowest BCUT2D eigenvalue weighted by atomic mass is 10.0. The molecule has 0 atom stereocenters. The molecule has 24 heavy (non-hydrogen) atoms. The Balaban J connectivity index is 2.40. The van der Waals surface area contributed by atoms with E-state index in [1.165, 1.54) is 0 Å². The molecule has 0 aromatic heterocycles. The molecule has 0 saturated carbocycles. The topological polar surface area (TPSA) is 36.1 Å². The zero-order chi connectivity index (χ0) is 17.4. The maximum atomic E-state index is 9.62. The van der Waals surface area contributed by atoms with E-state index >= 15 is 0 Å².